The zero-order chi connectivity index (χ0) is 14.3. The third-order valence-electron chi connectivity index (χ3n) is 2.76. The summed E-state index contributed by atoms with van der Waals surface area (Å²) in [4.78, 5) is 12.8. The maximum absolute atomic E-state index is 12.0. The first-order valence-electron chi connectivity index (χ1n) is 6.16. The first-order chi connectivity index (χ1) is 8.15. The molecule has 6 heteroatoms. The van der Waals surface area contributed by atoms with Gasteiger partial charge in [-0.15, -0.1) is 0 Å². The summed E-state index contributed by atoms with van der Waals surface area (Å²) in [5.74, 6) is 0.202. The average Bonchev–Trinajstić information content (AvgIpc) is 2.22. The molecule has 0 saturated heterocycles. The zero-order valence-electron chi connectivity index (χ0n) is 11.3. The van der Waals surface area contributed by atoms with Crippen LogP contribution in [-0.4, -0.2) is 37.1 Å². The van der Waals surface area contributed by atoms with Crippen LogP contribution >= 0.6 is 0 Å². The standard InChI is InChI=1S/C12H23F3N2O/c1-9(2)6-10(8-16)7-11(18)17(3)5-4-12(13,14)15/h9-10H,4-8,16H2,1-3H3. The van der Waals surface area contributed by atoms with Crippen LogP contribution in [-0.2, 0) is 4.79 Å². The van der Waals surface area contributed by atoms with E-state index in [1.54, 1.807) is 0 Å². The van der Waals surface area contributed by atoms with Gasteiger partial charge in [0.2, 0.25) is 5.91 Å². The SMILES string of the molecule is CC(C)CC(CN)CC(=O)N(C)CCC(F)(F)F. The molecule has 18 heavy (non-hydrogen) atoms. The largest absolute Gasteiger partial charge is 0.390 e. The van der Waals surface area contributed by atoms with Crippen LogP contribution in [0, 0.1) is 11.8 Å². The van der Waals surface area contributed by atoms with Crippen molar-refractivity contribution in [1.29, 1.82) is 0 Å². The van der Waals surface area contributed by atoms with E-state index in [0.29, 0.717) is 12.5 Å². The van der Waals surface area contributed by atoms with Crippen molar-refractivity contribution in [3.63, 3.8) is 0 Å². The van der Waals surface area contributed by atoms with Crippen LogP contribution in [0.25, 0.3) is 0 Å². The smallest absolute Gasteiger partial charge is 0.345 e. The minimum absolute atomic E-state index is 0.0471. The minimum atomic E-state index is -4.22. The van der Waals surface area contributed by atoms with Gasteiger partial charge in [0.15, 0.2) is 0 Å². The number of rotatable bonds is 7. The molecule has 0 radical (unpaired) electrons. The highest BCUT2D eigenvalue weighted by Gasteiger charge is 2.28. The summed E-state index contributed by atoms with van der Waals surface area (Å²) in [6, 6.07) is 0. The third-order valence-corrected chi connectivity index (χ3v) is 2.76. The number of hydrogen-bond donors (Lipinski definition) is 1. The molecule has 3 nitrogen and oxygen atoms in total. The summed E-state index contributed by atoms with van der Waals surface area (Å²) in [6.45, 7) is 4.15. The van der Waals surface area contributed by atoms with E-state index < -0.39 is 12.6 Å². The van der Waals surface area contributed by atoms with Gasteiger partial charge < -0.3 is 10.6 Å². The van der Waals surface area contributed by atoms with Crippen molar-refractivity contribution in [2.45, 2.75) is 39.3 Å². The molecule has 0 aromatic rings. The van der Waals surface area contributed by atoms with Gasteiger partial charge >= 0.3 is 6.18 Å². The highest BCUT2D eigenvalue weighted by atomic mass is 19.4. The van der Waals surface area contributed by atoms with E-state index in [1.807, 2.05) is 13.8 Å². The molecule has 0 aliphatic carbocycles. The molecule has 1 atom stereocenters. The Bertz CT molecular complexity index is 254. The van der Waals surface area contributed by atoms with Crippen LogP contribution in [0.15, 0.2) is 0 Å². The van der Waals surface area contributed by atoms with Gasteiger partial charge in [-0.05, 0) is 24.8 Å². The summed E-state index contributed by atoms with van der Waals surface area (Å²) >= 11 is 0. The van der Waals surface area contributed by atoms with Gasteiger partial charge in [-0.3, -0.25) is 4.79 Å². The number of carbonyl (C=O) groups is 1. The van der Waals surface area contributed by atoms with Gasteiger partial charge in [0.1, 0.15) is 0 Å². The molecule has 0 spiro atoms. The van der Waals surface area contributed by atoms with E-state index in [9.17, 15) is 18.0 Å². The molecular weight excluding hydrogens is 245 g/mol. The van der Waals surface area contributed by atoms with E-state index in [-0.39, 0.29) is 24.8 Å². The Labute approximate surface area is 107 Å². The van der Waals surface area contributed by atoms with Gasteiger partial charge in [0.05, 0.1) is 6.42 Å². The lowest BCUT2D eigenvalue weighted by molar-refractivity contribution is -0.144. The second kappa shape index (κ2) is 7.61. The van der Waals surface area contributed by atoms with Crippen molar-refractivity contribution in [2.75, 3.05) is 20.1 Å². The highest BCUT2D eigenvalue weighted by Crippen LogP contribution is 2.20. The minimum Gasteiger partial charge on any atom is -0.345 e. The fourth-order valence-electron chi connectivity index (χ4n) is 1.75. The Morgan fingerprint density at radius 1 is 1.33 bits per heavy atom. The molecule has 0 rings (SSSR count). The number of nitrogens with two attached hydrogens (primary N) is 1. The number of nitrogens with zero attached hydrogens (tertiary/aromatic N) is 1. The van der Waals surface area contributed by atoms with Gasteiger partial charge in [-0.1, -0.05) is 13.8 Å². The first kappa shape index (κ1) is 17.2. The lowest BCUT2D eigenvalue weighted by Crippen LogP contribution is -2.33. The summed E-state index contributed by atoms with van der Waals surface area (Å²) < 4.78 is 36.1. The number of hydrogen-bond acceptors (Lipinski definition) is 2. The second-order valence-electron chi connectivity index (χ2n) is 5.12. The molecule has 0 aromatic heterocycles. The van der Waals surface area contributed by atoms with Crippen molar-refractivity contribution in [1.82, 2.24) is 4.90 Å². The molecule has 0 aromatic carbocycles. The Morgan fingerprint density at radius 2 is 1.89 bits per heavy atom. The average molecular weight is 268 g/mol. The second-order valence-corrected chi connectivity index (χ2v) is 5.12. The Hall–Kier alpha value is -0.780. The van der Waals surface area contributed by atoms with E-state index in [2.05, 4.69) is 0 Å². The Morgan fingerprint density at radius 3 is 2.28 bits per heavy atom. The molecule has 1 unspecified atom stereocenters. The fourth-order valence-corrected chi connectivity index (χ4v) is 1.75. The van der Waals surface area contributed by atoms with Gasteiger partial charge in [-0.25, -0.2) is 0 Å². The summed E-state index contributed by atoms with van der Waals surface area (Å²) in [5.41, 5.74) is 5.56. The highest BCUT2D eigenvalue weighted by molar-refractivity contribution is 5.76. The molecule has 2 N–H and O–H groups in total. The molecule has 0 fully saturated rings. The predicted molar refractivity (Wildman–Crippen MR) is 64.9 cm³/mol. The number of halogens is 3. The summed E-state index contributed by atoms with van der Waals surface area (Å²) in [5, 5.41) is 0. The van der Waals surface area contributed by atoms with Crippen LogP contribution in [0.3, 0.4) is 0 Å². The van der Waals surface area contributed by atoms with Crippen molar-refractivity contribution in [3.05, 3.63) is 0 Å². The lowest BCUT2D eigenvalue weighted by atomic mass is 9.94. The molecule has 1 amide bonds. The lowest BCUT2D eigenvalue weighted by Gasteiger charge is -2.22. The van der Waals surface area contributed by atoms with E-state index >= 15 is 0 Å². The van der Waals surface area contributed by atoms with Crippen LogP contribution in [0.5, 0.6) is 0 Å². The molecule has 0 bridgehead atoms. The van der Waals surface area contributed by atoms with E-state index in [0.717, 1.165) is 11.3 Å². The molecular formula is C12H23F3N2O. The Kier molecular flexibility index (Phi) is 7.28. The summed E-state index contributed by atoms with van der Waals surface area (Å²) in [6.07, 6.45) is -4.15. The van der Waals surface area contributed by atoms with Crippen LogP contribution in [0.1, 0.15) is 33.1 Å². The maximum atomic E-state index is 12.0. The third kappa shape index (κ3) is 8.33. The first-order valence-corrected chi connectivity index (χ1v) is 6.16. The summed E-state index contributed by atoms with van der Waals surface area (Å²) in [7, 11) is 1.40. The fraction of sp³-hybridized carbons (Fsp3) is 0.917. The molecule has 108 valence electrons. The predicted octanol–water partition coefficient (Wildman–Crippen LogP) is 2.41. The number of amides is 1. The van der Waals surface area contributed by atoms with E-state index in [4.69, 9.17) is 5.73 Å². The Balaban J connectivity index is 4.13. The topological polar surface area (TPSA) is 46.3 Å². The number of alkyl halides is 3. The van der Waals surface area contributed by atoms with Crippen molar-refractivity contribution >= 4 is 5.91 Å². The van der Waals surface area contributed by atoms with Crippen molar-refractivity contribution in [2.24, 2.45) is 17.6 Å². The zero-order valence-corrected chi connectivity index (χ0v) is 11.3. The maximum Gasteiger partial charge on any atom is 0.390 e. The number of carbonyl (C=O) groups excluding carboxylic acids is 1. The molecule has 0 saturated carbocycles. The quantitative estimate of drug-likeness (QED) is 0.770. The molecule has 0 aliphatic rings. The monoisotopic (exact) mass is 268 g/mol. The van der Waals surface area contributed by atoms with Gasteiger partial charge in [0, 0.05) is 20.0 Å². The van der Waals surface area contributed by atoms with Gasteiger partial charge in [-0.2, -0.15) is 13.2 Å². The molecule has 0 aliphatic heterocycles. The van der Waals surface area contributed by atoms with Crippen molar-refractivity contribution in [3.8, 4) is 0 Å². The van der Waals surface area contributed by atoms with Crippen LogP contribution in [0.4, 0.5) is 13.2 Å². The van der Waals surface area contributed by atoms with Crippen LogP contribution in [0.2, 0.25) is 0 Å². The normalized spacial score (nSPS) is 13.8. The van der Waals surface area contributed by atoms with E-state index in [1.165, 1.54) is 7.05 Å². The van der Waals surface area contributed by atoms with Gasteiger partial charge in [0.25, 0.3) is 0 Å². The van der Waals surface area contributed by atoms with Crippen LogP contribution < -0.4 is 5.73 Å². The molecule has 0 heterocycles. The van der Waals surface area contributed by atoms with Crippen molar-refractivity contribution < 1.29 is 18.0 Å².